The van der Waals surface area contributed by atoms with Gasteiger partial charge >= 0.3 is 5.97 Å². The van der Waals surface area contributed by atoms with E-state index in [0.717, 1.165) is 5.56 Å². The fourth-order valence-electron chi connectivity index (χ4n) is 1.46. The summed E-state index contributed by atoms with van der Waals surface area (Å²) in [7, 11) is 0. The van der Waals surface area contributed by atoms with Crippen LogP contribution in [0.25, 0.3) is 0 Å². The quantitative estimate of drug-likeness (QED) is 0.646. The van der Waals surface area contributed by atoms with Crippen LogP contribution in [0.4, 0.5) is 0 Å². The molecule has 0 saturated carbocycles. The number of carboxylic acids is 1. The Labute approximate surface area is 107 Å². The summed E-state index contributed by atoms with van der Waals surface area (Å²) in [5.74, 6) is -1.40. The summed E-state index contributed by atoms with van der Waals surface area (Å²) >= 11 is 3.24. The van der Waals surface area contributed by atoms with Crippen molar-refractivity contribution in [3.05, 3.63) is 34.9 Å². The maximum absolute atomic E-state index is 11.6. The van der Waals surface area contributed by atoms with E-state index in [-0.39, 0.29) is 11.3 Å². The fraction of sp³-hybridized carbons (Fsp3) is 0.333. The minimum absolute atomic E-state index is 0.0772. The summed E-state index contributed by atoms with van der Waals surface area (Å²) in [6.07, 6.45) is -1.26. The second-order valence-electron chi connectivity index (χ2n) is 3.61. The Bertz CT molecular complexity index is 442. The van der Waals surface area contributed by atoms with Crippen molar-refractivity contribution >= 4 is 27.7 Å². The van der Waals surface area contributed by atoms with Crippen LogP contribution in [-0.4, -0.2) is 22.0 Å². The van der Waals surface area contributed by atoms with Gasteiger partial charge in [-0.3, -0.25) is 4.79 Å². The van der Waals surface area contributed by atoms with Crippen LogP contribution in [0.5, 0.6) is 0 Å². The average Bonchev–Trinajstić information content (AvgIpc) is 2.35. The second kappa shape index (κ2) is 5.93. The first-order valence-corrected chi connectivity index (χ1v) is 6.25. The molecule has 0 radical (unpaired) electrons. The fourth-order valence-corrected chi connectivity index (χ4v) is 1.78. The Morgan fingerprint density at radius 2 is 2.00 bits per heavy atom. The van der Waals surface area contributed by atoms with Crippen LogP contribution in [0.3, 0.4) is 0 Å². The van der Waals surface area contributed by atoms with E-state index in [1.165, 1.54) is 6.07 Å². The van der Waals surface area contributed by atoms with Crippen LogP contribution in [0.1, 0.15) is 40.9 Å². The second-order valence-corrected chi connectivity index (χ2v) is 4.18. The van der Waals surface area contributed by atoms with Gasteiger partial charge in [0.2, 0.25) is 0 Å². The Balaban J connectivity index is 3.22. The molecule has 5 heteroatoms. The summed E-state index contributed by atoms with van der Waals surface area (Å²) in [4.78, 5) is 22.3. The lowest BCUT2D eigenvalue weighted by molar-refractivity contribution is -0.146. The van der Waals surface area contributed by atoms with Crippen molar-refractivity contribution in [1.82, 2.24) is 0 Å². The average molecular weight is 301 g/mol. The van der Waals surface area contributed by atoms with Crippen molar-refractivity contribution < 1.29 is 19.8 Å². The number of ketones is 1. The smallest absolute Gasteiger partial charge is 0.337 e. The number of carboxylic acid groups (broad SMARTS) is 1. The Morgan fingerprint density at radius 1 is 1.35 bits per heavy atom. The highest BCUT2D eigenvalue weighted by Gasteiger charge is 2.18. The Morgan fingerprint density at radius 3 is 2.47 bits per heavy atom. The summed E-state index contributed by atoms with van der Waals surface area (Å²) < 4.78 is 0. The zero-order chi connectivity index (χ0) is 13.0. The van der Waals surface area contributed by atoms with E-state index >= 15 is 0 Å². The Kier molecular flexibility index (Phi) is 4.84. The Hall–Kier alpha value is -1.20. The molecule has 1 aromatic rings. The molecule has 0 aliphatic rings. The van der Waals surface area contributed by atoms with Gasteiger partial charge in [-0.25, -0.2) is 4.79 Å². The molecule has 0 aromatic heterocycles. The highest BCUT2D eigenvalue weighted by molar-refractivity contribution is 9.08. The molecular formula is C12H13BrO4. The minimum atomic E-state index is -1.60. The van der Waals surface area contributed by atoms with Crippen LogP contribution in [-0.2, 0) is 10.1 Å². The molecule has 0 saturated heterocycles. The number of hydrogen-bond donors (Lipinski definition) is 2. The van der Waals surface area contributed by atoms with Gasteiger partial charge in [0, 0.05) is 17.3 Å². The molecule has 1 atom stereocenters. The maximum Gasteiger partial charge on any atom is 0.337 e. The topological polar surface area (TPSA) is 74.6 Å². The highest BCUT2D eigenvalue weighted by atomic mass is 79.9. The molecule has 0 bridgehead atoms. The predicted octanol–water partition coefficient (Wildman–Crippen LogP) is 2.29. The first kappa shape index (κ1) is 13.9. The van der Waals surface area contributed by atoms with Crippen molar-refractivity contribution in [1.29, 1.82) is 0 Å². The number of benzene rings is 1. The number of aliphatic carboxylic acids is 1. The third kappa shape index (κ3) is 3.38. The number of carbonyl (C=O) groups excluding carboxylic acids is 1. The predicted molar refractivity (Wildman–Crippen MR) is 66.3 cm³/mol. The van der Waals surface area contributed by atoms with Crippen molar-refractivity contribution in [2.75, 3.05) is 0 Å². The molecule has 1 aromatic carbocycles. The SMILES string of the molecule is CCC(=O)c1cc(CBr)cc(C(O)C(=O)O)c1. The van der Waals surface area contributed by atoms with Gasteiger partial charge in [0.1, 0.15) is 0 Å². The number of alkyl halides is 1. The maximum atomic E-state index is 11.6. The van der Waals surface area contributed by atoms with Crippen LogP contribution in [0.15, 0.2) is 18.2 Å². The van der Waals surface area contributed by atoms with Crippen LogP contribution >= 0.6 is 15.9 Å². The first-order chi connectivity index (χ1) is 7.99. The van der Waals surface area contributed by atoms with E-state index in [2.05, 4.69) is 15.9 Å². The zero-order valence-corrected chi connectivity index (χ0v) is 10.9. The molecule has 1 unspecified atom stereocenters. The third-order valence-electron chi connectivity index (χ3n) is 2.36. The van der Waals surface area contributed by atoms with Gasteiger partial charge in [0.05, 0.1) is 0 Å². The van der Waals surface area contributed by atoms with Gasteiger partial charge in [-0.2, -0.15) is 0 Å². The van der Waals surface area contributed by atoms with Crippen molar-refractivity contribution in [3.63, 3.8) is 0 Å². The van der Waals surface area contributed by atoms with Gasteiger partial charge in [0.25, 0.3) is 0 Å². The van der Waals surface area contributed by atoms with Crippen molar-refractivity contribution in [2.24, 2.45) is 0 Å². The molecule has 0 aliphatic heterocycles. The number of rotatable bonds is 5. The van der Waals surface area contributed by atoms with Gasteiger partial charge < -0.3 is 10.2 Å². The minimum Gasteiger partial charge on any atom is -0.479 e. The van der Waals surface area contributed by atoms with E-state index in [4.69, 9.17) is 5.11 Å². The summed E-state index contributed by atoms with van der Waals surface area (Å²) in [5, 5.41) is 18.7. The molecule has 2 N–H and O–H groups in total. The summed E-state index contributed by atoms with van der Waals surface area (Å²) in [6, 6.07) is 4.69. The number of hydrogen-bond acceptors (Lipinski definition) is 3. The number of halogens is 1. The summed E-state index contributed by atoms with van der Waals surface area (Å²) in [6.45, 7) is 1.73. The monoisotopic (exact) mass is 300 g/mol. The molecule has 0 amide bonds. The largest absolute Gasteiger partial charge is 0.479 e. The molecule has 92 valence electrons. The number of aliphatic hydroxyl groups is 1. The molecule has 0 spiro atoms. The highest BCUT2D eigenvalue weighted by Crippen LogP contribution is 2.20. The van der Waals surface area contributed by atoms with Gasteiger partial charge in [0.15, 0.2) is 11.9 Å². The zero-order valence-electron chi connectivity index (χ0n) is 9.31. The normalized spacial score (nSPS) is 12.2. The van der Waals surface area contributed by atoms with Crippen molar-refractivity contribution in [3.8, 4) is 0 Å². The van der Waals surface area contributed by atoms with Gasteiger partial charge in [-0.05, 0) is 23.3 Å². The van der Waals surface area contributed by atoms with Crippen LogP contribution < -0.4 is 0 Å². The first-order valence-electron chi connectivity index (χ1n) is 5.13. The molecule has 0 aliphatic carbocycles. The van der Waals surface area contributed by atoms with E-state index in [9.17, 15) is 14.7 Å². The third-order valence-corrected chi connectivity index (χ3v) is 3.01. The number of aliphatic hydroxyl groups excluding tert-OH is 1. The molecule has 0 heterocycles. The molecule has 4 nitrogen and oxygen atoms in total. The summed E-state index contributed by atoms with van der Waals surface area (Å²) in [5.41, 5.74) is 1.42. The van der Waals surface area contributed by atoms with Crippen molar-refractivity contribution in [2.45, 2.75) is 24.8 Å². The van der Waals surface area contributed by atoms with Gasteiger partial charge in [-0.1, -0.05) is 28.9 Å². The number of Topliss-reactive ketones (excluding diaryl/α,β-unsaturated/α-hetero) is 1. The molecule has 1 rings (SSSR count). The van der Waals surface area contributed by atoms with Gasteiger partial charge in [-0.15, -0.1) is 0 Å². The number of carbonyl (C=O) groups is 2. The molecule has 0 fully saturated rings. The standard InChI is InChI=1S/C12H13BrO4/c1-2-10(14)8-3-7(6-13)4-9(5-8)11(15)12(16)17/h3-5,11,15H,2,6H2,1H3,(H,16,17). The van der Waals surface area contributed by atoms with Crippen LogP contribution in [0, 0.1) is 0 Å². The lowest BCUT2D eigenvalue weighted by atomic mass is 9.99. The van der Waals surface area contributed by atoms with E-state index < -0.39 is 12.1 Å². The molecule has 17 heavy (non-hydrogen) atoms. The lowest BCUT2D eigenvalue weighted by Crippen LogP contribution is -2.12. The van der Waals surface area contributed by atoms with E-state index in [0.29, 0.717) is 17.3 Å². The van der Waals surface area contributed by atoms with E-state index in [1.807, 2.05) is 0 Å². The molecular weight excluding hydrogens is 288 g/mol. The van der Waals surface area contributed by atoms with Crippen LogP contribution in [0.2, 0.25) is 0 Å². The van der Waals surface area contributed by atoms with E-state index in [1.54, 1.807) is 19.1 Å². The lowest BCUT2D eigenvalue weighted by Gasteiger charge is -2.10.